The van der Waals surface area contributed by atoms with Gasteiger partial charge in [-0.15, -0.1) is 34.0 Å². The molecule has 0 spiro atoms. The molecule has 3 saturated heterocycles. The third kappa shape index (κ3) is 26.6. The molecular formula is C109H134FN21O8S3. The Bertz CT molecular complexity index is 6360. The van der Waals surface area contributed by atoms with Crippen molar-refractivity contribution in [3.8, 4) is 34.2 Å². The van der Waals surface area contributed by atoms with Crippen molar-refractivity contribution in [3.05, 3.63) is 255 Å². The monoisotopic (exact) mass is 1980 g/mol. The van der Waals surface area contributed by atoms with E-state index in [1.165, 1.54) is 133 Å². The molecule has 0 radical (unpaired) electrons. The van der Waals surface area contributed by atoms with Crippen LogP contribution >= 0.6 is 34.0 Å². The second kappa shape index (κ2) is 45.9. The van der Waals surface area contributed by atoms with Crippen LogP contribution in [0, 0.1) is 33.5 Å². The molecule has 6 amide bonds. The highest BCUT2D eigenvalue weighted by molar-refractivity contribution is 7.12. The Morgan fingerprint density at radius 2 is 0.817 bits per heavy atom. The molecule has 6 aliphatic rings. The van der Waals surface area contributed by atoms with Crippen molar-refractivity contribution in [3.63, 3.8) is 0 Å². The van der Waals surface area contributed by atoms with Gasteiger partial charge in [0.25, 0.3) is 5.91 Å². The number of halogens is 1. The fourth-order valence-corrected chi connectivity index (χ4v) is 21.3. The summed E-state index contributed by atoms with van der Waals surface area (Å²) in [6.45, 7) is 39.3. The van der Waals surface area contributed by atoms with Crippen LogP contribution in [0.25, 0.3) is 22.7 Å². The zero-order valence-electron chi connectivity index (χ0n) is 84.3. The highest BCUT2D eigenvalue weighted by Gasteiger charge is 2.41. The van der Waals surface area contributed by atoms with Gasteiger partial charge in [0.05, 0.1) is 83.7 Å². The number of methoxy groups -OCH3 is 1. The summed E-state index contributed by atoms with van der Waals surface area (Å²) in [6, 6.07) is 41.2. The van der Waals surface area contributed by atoms with Gasteiger partial charge in [0.15, 0.2) is 0 Å². The SMILES string of the molecule is COCC(=O)Nc1cc(Oc2ccc(NC(=O)Nc3c4c(nn3-c3ccc(C)cc3)C(C)(C)CC4)c(F)c2)ccn1.Cc1ccc(-n2nc(C(C)(C)C)cc2NC(=O)Cc2ncc(CCN3CCCCC3)s2)cc1.Cc1ccc(-n2nc3c(c2NC(=O)Cc2ncc(CCN4CCCCC4)s2)CCC3(C)C)cc1.Cc1ccc(-n2nc3c(c2NC(=O)Cc2ncc(CCN4CCOCC4)s2)CCC3(C)C)cc1. The number of aryl methyl sites for hydroxylation is 4. The molecule has 5 aromatic carbocycles. The molecular weight excluding hydrogens is 1850 g/mol. The maximum absolute atomic E-state index is 15.0. The Labute approximate surface area is 844 Å². The number of rotatable bonds is 29. The zero-order valence-corrected chi connectivity index (χ0v) is 86.8. The van der Waals surface area contributed by atoms with Crippen LogP contribution in [0.1, 0.15) is 211 Å². The number of likely N-dealkylation sites (tertiary alicyclic amines) is 2. The fourth-order valence-electron chi connectivity index (χ4n) is 18.6. The number of nitrogens with zero attached hydrogens (tertiary/aromatic N) is 15. The van der Waals surface area contributed by atoms with Gasteiger partial charge in [-0.25, -0.2) is 47.8 Å². The molecule has 0 saturated carbocycles. The topological polar surface area (TPSA) is 318 Å². The number of amides is 6. The van der Waals surface area contributed by atoms with Gasteiger partial charge >= 0.3 is 6.03 Å². The summed E-state index contributed by atoms with van der Waals surface area (Å²) >= 11 is 4.96. The van der Waals surface area contributed by atoms with Crippen molar-refractivity contribution in [2.45, 2.75) is 227 Å². The molecule has 0 bridgehead atoms. The number of pyridine rings is 1. The first-order valence-corrected chi connectivity index (χ1v) is 52.1. The molecule has 3 fully saturated rings. The largest absolute Gasteiger partial charge is 0.457 e. The van der Waals surface area contributed by atoms with E-state index < -0.39 is 11.8 Å². The Kier molecular flexibility index (Phi) is 33.2. The summed E-state index contributed by atoms with van der Waals surface area (Å²) in [4.78, 5) is 92.8. The number of benzene rings is 5. The first kappa shape index (κ1) is 103. The molecule has 11 heterocycles. The molecule has 3 aliphatic carbocycles. The number of piperidine rings is 2. The van der Waals surface area contributed by atoms with E-state index in [2.05, 4.69) is 210 Å². The minimum absolute atomic E-state index is 0.00937. The zero-order chi connectivity index (χ0) is 100.0. The van der Waals surface area contributed by atoms with E-state index in [-0.39, 0.29) is 82.0 Å². The predicted octanol–water partition coefficient (Wildman–Crippen LogP) is 20.1. The smallest absolute Gasteiger partial charge is 0.324 e. The predicted molar refractivity (Wildman–Crippen MR) is 562 cm³/mol. The molecule has 19 rings (SSSR count). The number of carbonyl (C=O) groups excluding carboxylic acids is 5. The third-order valence-electron chi connectivity index (χ3n) is 26.9. The molecule has 0 unspecified atom stereocenters. The first-order chi connectivity index (χ1) is 68.2. The van der Waals surface area contributed by atoms with Crippen LogP contribution in [0.2, 0.25) is 0 Å². The van der Waals surface area contributed by atoms with Crippen LogP contribution in [0.15, 0.2) is 158 Å². The Hall–Kier alpha value is -12.3. The van der Waals surface area contributed by atoms with Gasteiger partial charge in [-0.3, -0.25) is 29.4 Å². The van der Waals surface area contributed by atoms with Gasteiger partial charge in [0.1, 0.15) is 68.0 Å². The average molecular weight is 1980 g/mol. The summed E-state index contributed by atoms with van der Waals surface area (Å²) in [6.07, 6.45) is 24.7. The number of aromatic nitrogens is 12. The van der Waals surface area contributed by atoms with Crippen molar-refractivity contribution in [2.24, 2.45) is 0 Å². The number of hydrogen-bond donors (Lipinski definition) is 6. The van der Waals surface area contributed by atoms with Crippen LogP contribution in [0.3, 0.4) is 0 Å². The van der Waals surface area contributed by atoms with Gasteiger partial charge in [0, 0.05) is 136 Å². The van der Waals surface area contributed by atoms with Crippen molar-refractivity contribution in [1.82, 2.24) is 73.8 Å². The lowest BCUT2D eigenvalue weighted by molar-refractivity contribution is -0.120. The second-order valence-corrected chi connectivity index (χ2v) is 44.5. The van der Waals surface area contributed by atoms with Crippen molar-refractivity contribution < 1.29 is 42.6 Å². The van der Waals surface area contributed by atoms with E-state index in [0.717, 1.165) is 199 Å². The maximum atomic E-state index is 15.0. The number of urea groups is 1. The van der Waals surface area contributed by atoms with Gasteiger partial charge in [-0.1, -0.05) is 146 Å². The number of morpholine rings is 1. The highest BCUT2D eigenvalue weighted by Crippen LogP contribution is 2.46. The molecule has 6 N–H and O–H groups in total. The minimum Gasteiger partial charge on any atom is -0.457 e. The van der Waals surface area contributed by atoms with E-state index in [1.54, 1.807) is 44.8 Å². The maximum Gasteiger partial charge on any atom is 0.324 e. The molecule has 33 heteroatoms. The lowest BCUT2D eigenvalue weighted by Gasteiger charge is -2.26. The lowest BCUT2D eigenvalue weighted by Crippen LogP contribution is -2.37. The molecule has 3 aliphatic heterocycles. The quantitative estimate of drug-likeness (QED) is 0.0254. The standard InChI is InChI=1S/C30H31FN6O4.C27H35N5OS.C26H33N5O2S.C26H35N5OS/c1-18-5-7-19(8-6-18)37-28(22-11-13-30(2,3)27(22)36-37)35-29(39)33-24-10-9-20(15-23(24)31)41-21-12-14-32-25(16-21)34-26(38)17-40-4;1-19-7-9-20(10-8-19)32-26(22-11-13-27(2,3)25(22)30-32)29-23(33)17-24-28-18-21(34-24)12-16-31-14-5-4-6-15-31;1-18-4-6-19(7-5-18)31-25(21-8-10-26(2,3)24(21)29-31)28-22(32)16-23-27-17-20(34-23)9-11-30-12-14-33-15-13-30;1-19-8-10-20(11-9-19)31-23(16-22(29-31)26(2,3)4)28-24(32)17-25-27-18-21(33-25)12-15-30-13-6-5-7-14-30/h5-10,12,14-16H,11,13,17H2,1-4H3,(H,32,34,38)(H2,33,35,39);7-10,18H,4-6,11-17H2,1-3H3,(H,29,33);4-7,17H,8-16H2,1-3H3,(H,28,32);8-11,16,18H,5-7,12-15,17H2,1-4H3,(H,28,32). The van der Waals surface area contributed by atoms with Crippen LogP contribution in [0.4, 0.5) is 44.0 Å². The van der Waals surface area contributed by atoms with E-state index in [0.29, 0.717) is 23.8 Å². The van der Waals surface area contributed by atoms with Crippen LogP contribution in [-0.2, 0) is 108 Å². The van der Waals surface area contributed by atoms with E-state index in [4.69, 9.17) is 34.6 Å². The van der Waals surface area contributed by atoms with Crippen LogP contribution < -0.4 is 36.6 Å². The van der Waals surface area contributed by atoms with Crippen molar-refractivity contribution in [2.75, 3.05) is 118 Å². The summed E-state index contributed by atoms with van der Waals surface area (Å²) in [5, 5.41) is 39.7. The number of anilines is 6. The summed E-state index contributed by atoms with van der Waals surface area (Å²) in [5.74, 6) is 2.49. The molecule has 0 atom stereocenters. The fraction of sp³-hybridized carbons (Fsp3) is 0.440. The number of ether oxygens (including phenoxy) is 3. The van der Waals surface area contributed by atoms with Gasteiger partial charge in [-0.05, 0) is 204 Å². The number of carbonyl (C=O) groups is 5. The molecule has 142 heavy (non-hydrogen) atoms. The number of hydrogen-bond acceptors (Lipinski definition) is 22. The van der Waals surface area contributed by atoms with Gasteiger partial charge in [0.2, 0.25) is 17.7 Å². The number of nitrogens with one attached hydrogen (secondary N) is 6. The summed E-state index contributed by atoms with van der Waals surface area (Å²) in [7, 11) is 1.41. The first-order valence-electron chi connectivity index (χ1n) is 49.7. The van der Waals surface area contributed by atoms with E-state index in [1.807, 2.05) is 82.0 Å². The van der Waals surface area contributed by atoms with Crippen molar-refractivity contribution >= 4 is 98.4 Å². The number of fused-ring (bicyclic) bond motifs is 3. The molecule has 13 aromatic rings. The molecule has 8 aromatic heterocycles. The average Bonchev–Trinajstić information content (AvgIpc) is 1.60. The minimum atomic E-state index is -0.682. The second-order valence-electron chi connectivity index (χ2n) is 40.9. The lowest BCUT2D eigenvalue weighted by atomic mass is 9.91. The number of thiazole rings is 3. The van der Waals surface area contributed by atoms with Crippen LogP contribution in [0.5, 0.6) is 11.5 Å². The van der Waals surface area contributed by atoms with Crippen molar-refractivity contribution in [1.29, 1.82) is 0 Å². The Balaban J connectivity index is 0.000000137. The normalized spacial score (nSPS) is 15.8. The van der Waals surface area contributed by atoms with Gasteiger partial charge < -0.3 is 50.6 Å². The van der Waals surface area contributed by atoms with E-state index in [9.17, 15) is 24.0 Å². The summed E-state index contributed by atoms with van der Waals surface area (Å²) < 4.78 is 38.3. The third-order valence-corrected chi connectivity index (χ3v) is 30.1. The summed E-state index contributed by atoms with van der Waals surface area (Å²) in [5.41, 5.74) is 15.5. The Morgan fingerprint density at radius 1 is 0.430 bits per heavy atom. The van der Waals surface area contributed by atoms with Gasteiger partial charge in [-0.2, -0.15) is 20.4 Å². The van der Waals surface area contributed by atoms with Crippen LogP contribution in [-0.4, -0.2) is 189 Å². The highest BCUT2D eigenvalue weighted by atomic mass is 32.1. The molecule has 29 nitrogen and oxygen atoms in total. The Morgan fingerprint density at radius 3 is 1.22 bits per heavy atom. The molecule has 748 valence electrons. The van der Waals surface area contributed by atoms with E-state index >= 15 is 4.39 Å².